The fourth-order valence-corrected chi connectivity index (χ4v) is 2.44. The predicted molar refractivity (Wildman–Crippen MR) is 105 cm³/mol. The van der Waals surface area contributed by atoms with Gasteiger partial charge in [-0.15, -0.1) is 0 Å². The lowest BCUT2D eigenvalue weighted by Gasteiger charge is -2.27. The van der Waals surface area contributed by atoms with Gasteiger partial charge < -0.3 is 37.0 Å². The van der Waals surface area contributed by atoms with Crippen LogP contribution in [0, 0.1) is 11.8 Å². The van der Waals surface area contributed by atoms with Crippen molar-refractivity contribution in [3.05, 3.63) is 0 Å². The van der Waals surface area contributed by atoms with Crippen molar-refractivity contribution in [1.82, 2.24) is 16.0 Å². The van der Waals surface area contributed by atoms with E-state index in [0.717, 1.165) is 0 Å². The highest BCUT2D eigenvalue weighted by Crippen LogP contribution is 2.07. The standard InChI is InChI=1S/C18H32N4O8/c1-8(2)13(21-15(26)10(19)7-23)17(28)20-11(5-6-12(24)25)16(27)22-14(9(3)4)18(29)30/h8-11,13-14,23H,5-7,19H2,1-4H3,(H,20,28)(H,21,26)(H,22,27)(H,24,25)(H,29,30). The number of carboxylic acids is 2. The van der Waals surface area contributed by atoms with Gasteiger partial charge in [0, 0.05) is 6.42 Å². The van der Waals surface area contributed by atoms with E-state index in [-0.39, 0.29) is 6.42 Å². The van der Waals surface area contributed by atoms with E-state index < -0.39 is 78.7 Å². The molecule has 0 aliphatic rings. The molecule has 0 aromatic rings. The molecule has 4 unspecified atom stereocenters. The fourth-order valence-electron chi connectivity index (χ4n) is 2.44. The van der Waals surface area contributed by atoms with Crippen LogP contribution in [-0.2, 0) is 24.0 Å². The Morgan fingerprint density at radius 3 is 1.70 bits per heavy atom. The quantitative estimate of drug-likeness (QED) is 0.172. The smallest absolute Gasteiger partial charge is 0.326 e. The summed E-state index contributed by atoms with van der Waals surface area (Å²) in [5, 5.41) is 34.2. The second kappa shape index (κ2) is 12.8. The summed E-state index contributed by atoms with van der Waals surface area (Å²) in [4.78, 5) is 59.4. The molecule has 12 nitrogen and oxygen atoms in total. The third-order valence-corrected chi connectivity index (χ3v) is 4.29. The van der Waals surface area contributed by atoms with Crippen molar-refractivity contribution in [3.8, 4) is 0 Å². The lowest BCUT2D eigenvalue weighted by atomic mass is 10.0. The van der Waals surface area contributed by atoms with Crippen LogP contribution in [0.2, 0.25) is 0 Å². The maximum Gasteiger partial charge on any atom is 0.326 e. The second-order valence-electron chi connectivity index (χ2n) is 7.58. The van der Waals surface area contributed by atoms with Gasteiger partial charge in [-0.25, -0.2) is 4.79 Å². The highest BCUT2D eigenvalue weighted by molar-refractivity contribution is 5.94. The van der Waals surface area contributed by atoms with E-state index in [9.17, 15) is 29.1 Å². The molecule has 4 atom stereocenters. The number of carbonyl (C=O) groups is 5. The molecule has 172 valence electrons. The van der Waals surface area contributed by atoms with E-state index >= 15 is 0 Å². The monoisotopic (exact) mass is 432 g/mol. The maximum atomic E-state index is 12.7. The number of aliphatic hydroxyl groups is 1. The minimum absolute atomic E-state index is 0.285. The van der Waals surface area contributed by atoms with Crippen LogP contribution in [0.4, 0.5) is 0 Å². The molecule has 0 rings (SSSR count). The Kier molecular flexibility index (Phi) is 11.6. The van der Waals surface area contributed by atoms with Gasteiger partial charge in [-0.1, -0.05) is 27.7 Å². The molecule has 0 radical (unpaired) electrons. The Morgan fingerprint density at radius 2 is 1.30 bits per heavy atom. The number of nitrogens with one attached hydrogen (secondary N) is 3. The fraction of sp³-hybridized carbons (Fsp3) is 0.722. The molecule has 30 heavy (non-hydrogen) atoms. The van der Waals surface area contributed by atoms with Crippen LogP contribution in [-0.4, -0.2) is 75.8 Å². The first-order valence-corrected chi connectivity index (χ1v) is 9.53. The average molecular weight is 432 g/mol. The molecule has 0 saturated carbocycles. The highest BCUT2D eigenvalue weighted by atomic mass is 16.4. The molecule has 0 heterocycles. The van der Waals surface area contributed by atoms with E-state index in [2.05, 4.69) is 16.0 Å². The zero-order valence-corrected chi connectivity index (χ0v) is 17.5. The topological polar surface area (TPSA) is 208 Å². The van der Waals surface area contributed by atoms with Crippen molar-refractivity contribution in [2.75, 3.05) is 6.61 Å². The third-order valence-electron chi connectivity index (χ3n) is 4.29. The summed E-state index contributed by atoms with van der Waals surface area (Å²) < 4.78 is 0. The minimum Gasteiger partial charge on any atom is -0.481 e. The van der Waals surface area contributed by atoms with Gasteiger partial charge in [-0.2, -0.15) is 0 Å². The molecule has 0 bridgehead atoms. The number of aliphatic carboxylic acids is 2. The molecule has 0 fully saturated rings. The van der Waals surface area contributed by atoms with Gasteiger partial charge in [0.1, 0.15) is 24.2 Å². The summed E-state index contributed by atoms with van der Waals surface area (Å²) >= 11 is 0. The molecular weight excluding hydrogens is 400 g/mol. The van der Waals surface area contributed by atoms with Crippen molar-refractivity contribution in [1.29, 1.82) is 0 Å². The Hall–Kier alpha value is -2.73. The molecule has 0 spiro atoms. The summed E-state index contributed by atoms with van der Waals surface area (Å²) in [7, 11) is 0. The van der Waals surface area contributed by atoms with Gasteiger partial charge in [0.05, 0.1) is 6.61 Å². The van der Waals surface area contributed by atoms with Crippen LogP contribution in [0.3, 0.4) is 0 Å². The van der Waals surface area contributed by atoms with Gasteiger partial charge in [0.25, 0.3) is 0 Å². The number of hydrogen-bond donors (Lipinski definition) is 7. The Labute approximate surface area is 174 Å². The first-order chi connectivity index (χ1) is 13.8. The number of hydrogen-bond acceptors (Lipinski definition) is 7. The zero-order chi connectivity index (χ0) is 23.6. The van der Waals surface area contributed by atoms with Crippen LogP contribution < -0.4 is 21.7 Å². The predicted octanol–water partition coefficient (Wildman–Crippen LogP) is -1.98. The molecule has 0 aromatic heterocycles. The molecule has 0 saturated heterocycles. The van der Waals surface area contributed by atoms with E-state index in [1.807, 2.05) is 0 Å². The van der Waals surface area contributed by atoms with Crippen LogP contribution in [0.15, 0.2) is 0 Å². The summed E-state index contributed by atoms with van der Waals surface area (Å²) in [5.74, 6) is -5.76. The number of carboxylic acid groups (broad SMARTS) is 2. The SMILES string of the molecule is CC(C)C(NC(=O)C(CCC(=O)O)NC(=O)C(NC(=O)C(N)CO)C(C)C)C(=O)O. The number of aliphatic hydroxyl groups excluding tert-OH is 1. The maximum absolute atomic E-state index is 12.7. The van der Waals surface area contributed by atoms with Gasteiger partial charge in [0.15, 0.2) is 0 Å². The van der Waals surface area contributed by atoms with Crippen LogP contribution in [0.1, 0.15) is 40.5 Å². The van der Waals surface area contributed by atoms with Crippen molar-refractivity contribution in [2.45, 2.75) is 64.7 Å². The summed E-state index contributed by atoms with van der Waals surface area (Å²) in [6.45, 7) is 5.78. The largest absolute Gasteiger partial charge is 0.481 e. The first kappa shape index (κ1) is 27.3. The van der Waals surface area contributed by atoms with Gasteiger partial charge >= 0.3 is 11.9 Å². The van der Waals surface area contributed by atoms with Crippen molar-refractivity contribution in [3.63, 3.8) is 0 Å². The van der Waals surface area contributed by atoms with Crippen molar-refractivity contribution >= 4 is 29.7 Å². The average Bonchev–Trinajstić information content (AvgIpc) is 2.64. The number of carbonyl (C=O) groups excluding carboxylic acids is 3. The summed E-state index contributed by atoms with van der Waals surface area (Å²) in [5.41, 5.74) is 5.43. The molecule has 0 aliphatic heterocycles. The van der Waals surface area contributed by atoms with Crippen molar-refractivity contribution < 1.29 is 39.3 Å². The lowest BCUT2D eigenvalue weighted by molar-refractivity contribution is -0.144. The van der Waals surface area contributed by atoms with Gasteiger partial charge in [0.2, 0.25) is 17.7 Å². The Morgan fingerprint density at radius 1 is 0.800 bits per heavy atom. The molecule has 0 aromatic carbocycles. The van der Waals surface area contributed by atoms with Crippen LogP contribution >= 0.6 is 0 Å². The zero-order valence-electron chi connectivity index (χ0n) is 17.5. The van der Waals surface area contributed by atoms with E-state index in [1.165, 1.54) is 0 Å². The molecule has 0 aliphatic carbocycles. The second-order valence-corrected chi connectivity index (χ2v) is 7.58. The first-order valence-electron chi connectivity index (χ1n) is 9.53. The molecule has 3 amide bonds. The van der Waals surface area contributed by atoms with E-state index in [0.29, 0.717) is 0 Å². The molecule has 8 N–H and O–H groups in total. The number of nitrogens with two attached hydrogens (primary N) is 1. The molecule has 12 heteroatoms. The minimum atomic E-state index is -1.33. The molecular formula is C18H32N4O8. The van der Waals surface area contributed by atoms with Crippen LogP contribution in [0.25, 0.3) is 0 Å². The van der Waals surface area contributed by atoms with Crippen molar-refractivity contribution in [2.24, 2.45) is 17.6 Å². The Bertz CT molecular complexity index is 638. The van der Waals surface area contributed by atoms with Gasteiger partial charge in [-0.05, 0) is 18.3 Å². The summed E-state index contributed by atoms with van der Waals surface area (Å²) in [6.07, 6.45) is -0.738. The van der Waals surface area contributed by atoms with E-state index in [4.69, 9.17) is 15.9 Å². The highest BCUT2D eigenvalue weighted by Gasteiger charge is 2.32. The third kappa shape index (κ3) is 9.18. The number of rotatable bonds is 13. The normalized spacial score (nSPS) is 15.1. The van der Waals surface area contributed by atoms with Crippen LogP contribution in [0.5, 0.6) is 0 Å². The van der Waals surface area contributed by atoms with Gasteiger partial charge in [-0.3, -0.25) is 19.2 Å². The summed E-state index contributed by atoms with van der Waals surface area (Å²) in [6, 6.07) is -4.92. The number of amides is 3. The Balaban J connectivity index is 5.47. The lowest BCUT2D eigenvalue weighted by Crippen LogP contribution is -2.59. The van der Waals surface area contributed by atoms with E-state index in [1.54, 1.807) is 27.7 Å².